The number of rotatable bonds is 5. The van der Waals surface area contributed by atoms with Crippen LogP contribution in [-0.4, -0.2) is 23.5 Å². The molecule has 0 fully saturated rings. The number of nitrogens with zero attached hydrogens (tertiary/aromatic N) is 1. The van der Waals surface area contributed by atoms with Gasteiger partial charge in [0.2, 0.25) is 0 Å². The van der Waals surface area contributed by atoms with E-state index in [1.54, 1.807) is 26.0 Å². The second-order valence-electron chi connectivity index (χ2n) is 4.50. The summed E-state index contributed by atoms with van der Waals surface area (Å²) in [6.45, 7) is 3.50. The summed E-state index contributed by atoms with van der Waals surface area (Å²) in [5.74, 6) is -0.426. The molecule has 0 aliphatic carbocycles. The summed E-state index contributed by atoms with van der Waals surface area (Å²) < 4.78 is 5.40. The van der Waals surface area contributed by atoms with E-state index < -0.39 is 16.4 Å². The summed E-state index contributed by atoms with van der Waals surface area (Å²) in [6, 6.07) is 4.68. The molecule has 0 heterocycles. The monoisotopic (exact) mass is 330 g/mol. The number of nitro groups is 1. The molecule has 104 valence electrons. The number of halogens is 1. The lowest BCUT2D eigenvalue weighted by atomic mass is 10.0. The SMILES string of the molecule is COC(=O)C(C)(C)NCc1cc(Br)ccc1[N+](=O)[O-]. The second-order valence-corrected chi connectivity index (χ2v) is 5.42. The van der Waals surface area contributed by atoms with Crippen molar-refractivity contribution in [2.75, 3.05) is 7.11 Å². The molecule has 1 rings (SSSR count). The Morgan fingerprint density at radius 3 is 2.68 bits per heavy atom. The maximum Gasteiger partial charge on any atom is 0.325 e. The van der Waals surface area contributed by atoms with Gasteiger partial charge in [-0.2, -0.15) is 0 Å². The van der Waals surface area contributed by atoms with Crippen molar-refractivity contribution in [3.63, 3.8) is 0 Å². The van der Waals surface area contributed by atoms with Crippen molar-refractivity contribution in [2.45, 2.75) is 25.9 Å². The number of hydrogen-bond donors (Lipinski definition) is 1. The fraction of sp³-hybridized carbons (Fsp3) is 0.417. The Bertz CT molecular complexity index is 503. The predicted octanol–water partition coefficient (Wildman–Crippen LogP) is 2.40. The van der Waals surface area contributed by atoms with Gasteiger partial charge in [-0.15, -0.1) is 0 Å². The van der Waals surface area contributed by atoms with Crippen LogP contribution in [0.25, 0.3) is 0 Å². The first kappa shape index (κ1) is 15.6. The quantitative estimate of drug-likeness (QED) is 0.509. The summed E-state index contributed by atoms with van der Waals surface area (Å²) in [5.41, 5.74) is -0.405. The molecular formula is C12H15BrN2O4. The number of nitro benzene ring substituents is 1. The van der Waals surface area contributed by atoms with Crippen molar-refractivity contribution in [3.8, 4) is 0 Å². The molecule has 0 aliphatic rings. The van der Waals surface area contributed by atoms with Gasteiger partial charge >= 0.3 is 5.97 Å². The number of benzene rings is 1. The highest BCUT2D eigenvalue weighted by atomic mass is 79.9. The average molecular weight is 331 g/mol. The lowest BCUT2D eigenvalue weighted by molar-refractivity contribution is -0.385. The molecule has 0 aromatic heterocycles. The highest BCUT2D eigenvalue weighted by Gasteiger charge is 2.28. The maximum absolute atomic E-state index is 11.5. The predicted molar refractivity (Wildman–Crippen MR) is 73.7 cm³/mol. The number of nitrogens with one attached hydrogen (secondary N) is 1. The second kappa shape index (κ2) is 6.12. The molecule has 1 aromatic carbocycles. The highest BCUT2D eigenvalue weighted by molar-refractivity contribution is 9.10. The molecule has 0 unspecified atom stereocenters. The van der Waals surface area contributed by atoms with Crippen molar-refractivity contribution in [1.29, 1.82) is 0 Å². The fourth-order valence-electron chi connectivity index (χ4n) is 1.52. The van der Waals surface area contributed by atoms with Crippen LogP contribution in [0.1, 0.15) is 19.4 Å². The minimum Gasteiger partial charge on any atom is -0.468 e. The van der Waals surface area contributed by atoms with Crippen LogP contribution in [0.15, 0.2) is 22.7 Å². The summed E-state index contributed by atoms with van der Waals surface area (Å²) >= 11 is 3.27. The summed E-state index contributed by atoms with van der Waals surface area (Å²) in [6.07, 6.45) is 0. The summed E-state index contributed by atoms with van der Waals surface area (Å²) in [4.78, 5) is 22.0. The Morgan fingerprint density at radius 2 is 2.16 bits per heavy atom. The van der Waals surface area contributed by atoms with Gasteiger partial charge in [0.1, 0.15) is 5.54 Å². The number of methoxy groups -OCH3 is 1. The minimum absolute atomic E-state index is 0.0105. The molecule has 0 saturated heterocycles. The third-order valence-electron chi connectivity index (χ3n) is 2.65. The van der Waals surface area contributed by atoms with Gasteiger partial charge in [0.05, 0.1) is 12.0 Å². The highest BCUT2D eigenvalue weighted by Crippen LogP contribution is 2.23. The van der Waals surface area contributed by atoms with Gasteiger partial charge in [-0.05, 0) is 26.0 Å². The van der Waals surface area contributed by atoms with Crippen LogP contribution in [0.5, 0.6) is 0 Å². The van der Waals surface area contributed by atoms with Gasteiger partial charge in [0.15, 0.2) is 0 Å². The van der Waals surface area contributed by atoms with E-state index in [1.807, 2.05) is 0 Å². The van der Waals surface area contributed by atoms with Crippen LogP contribution in [-0.2, 0) is 16.1 Å². The zero-order chi connectivity index (χ0) is 14.6. The molecule has 1 aromatic rings. The van der Waals surface area contributed by atoms with Gasteiger partial charge < -0.3 is 4.74 Å². The normalized spacial score (nSPS) is 11.2. The molecule has 19 heavy (non-hydrogen) atoms. The molecule has 0 aliphatic heterocycles. The van der Waals surface area contributed by atoms with Crippen LogP contribution in [0, 0.1) is 10.1 Å². The third-order valence-corrected chi connectivity index (χ3v) is 3.15. The van der Waals surface area contributed by atoms with E-state index in [1.165, 1.54) is 13.2 Å². The molecule has 0 spiro atoms. The van der Waals surface area contributed by atoms with E-state index in [0.717, 1.165) is 4.47 Å². The Hall–Kier alpha value is -1.47. The topological polar surface area (TPSA) is 81.5 Å². The van der Waals surface area contributed by atoms with Crippen molar-refractivity contribution < 1.29 is 14.5 Å². The molecule has 0 amide bonds. The zero-order valence-electron chi connectivity index (χ0n) is 10.9. The van der Waals surface area contributed by atoms with Crippen molar-refractivity contribution >= 4 is 27.6 Å². The van der Waals surface area contributed by atoms with Crippen LogP contribution in [0.4, 0.5) is 5.69 Å². The zero-order valence-corrected chi connectivity index (χ0v) is 12.5. The molecule has 7 heteroatoms. The lowest BCUT2D eigenvalue weighted by Gasteiger charge is -2.23. The van der Waals surface area contributed by atoms with E-state index in [-0.39, 0.29) is 12.2 Å². The first-order valence-electron chi connectivity index (χ1n) is 5.54. The van der Waals surface area contributed by atoms with Gasteiger partial charge in [-0.3, -0.25) is 20.2 Å². The number of ether oxygens (including phenoxy) is 1. The molecular weight excluding hydrogens is 316 g/mol. The molecule has 6 nitrogen and oxygen atoms in total. The Kier molecular flexibility index (Phi) is 5.02. The first-order valence-corrected chi connectivity index (χ1v) is 6.33. The van der Waals surface area contributed by atoms with E-state index in [0.29, 0.717) is 5.56 Å². The van der Waals surface area contributed by atoms with Gasteiger partial charge in [0, 0.05) is 22.6 Å². The first-order chi connectivity index (χ1) is 8.77. The number of carbonyl (C=O) groups is 1. The van der Waals surface area contributed by atoms with Crippen LogP contribution >= 0.6 is 15.9 Å². The van der Waals surface area contributed by atoms with Gasteiger partial charge in [-0.1, -0.05) is 15.9 Å². The molecule has 0 atom stereocenters. The van der Waals surface area contributed by atoms with E-state index >= 15 is 0 Å². The Labute approximate surface area is 119 Å². The smallest absolute Gasteiger partial charge is 0.325 e. The minimum atomic E-state index is -0.912. The number of carbonyl (C=O) groups excluding carboxylic acids is 1. The van der Waals surface area contributed by atoms with Crippen molar-refractivity contribution in [3.05, 3.63) is 38.3 Å². The number of esters is 1. The largest absolute Gasteiger partial charge is 0.468 e. The standard InChI is InChI=1S/C12H15BrN2O4/c1-12(2,11(16)19-3)14-7-8-6-9(13)4-5-10(8)15(17)18/h4-6,14H,7H2,1-3H3. The van der Waals surface area contributed by atoms with Gasteiger partial charge in [0.25, 0.3) is 5.69 Å². The van der Waals surface area contributed by atoms with Gasteiger partial charge in [-0.25, -0.2) is 0 Å². The van der Waals surface area contributed by atoms with Crippen LogP contribution < -0.4 is 5.32 Å². The van der Waals surface area contributed by atoms with E-state index in [2.05, 4.69) is 26.0 Å². The maximum atomic E-state index is 11.5. The van der Waals surface area contributed by atoms with E-state index in [9.17, 15) is 14.9 Å². The molecule has 1 N–H and O–H groups in total. The van der Waals surface area contributed by atoms with Crippen molar-refractivity contribution in [1.82, 2.24) is 5.32 Å². The Morgan fingerprint density at radius 1 is 1.53 bits per heavy atom. The summed E-state index contributed by atoms with van der Waals surface area (Å²) in [7, 11) is 1.30. The Balaban J connectivity index is 2.91. The average Bonchev–Trinajstić information content (AvgIpc) is 2.35. The van der Waals surface area contributed by atoms with E-state index in [4.69, 9.17) is 0 Å². The number of hydrogen-bond acceptors (Lipinski definition) is 5. The molecule has 0 bridgehead atoms. The fourth-order valence-corrected chi connectivity index (χ4v) is 1.93. The molecule has 0 radical (unpaired) electrons. The lowest BCUT2D eigenvalue weighted by Crippen LogP contribution is -2.47. The van der Waals surface area contributed by atoms with Crippen LogP contribution in [0.2, 0.25) is 0 Å². The van der Waals surface area contributed by atoms with Crippen molar-refractivity contribution in [2.24, 2.45) is 0 Å². The molecule has 0 saturated carbocycles. The third kappa shape index (κ3) is 4.00. The van der Waals surface area contributed by atoms with Crippen LogP contribution in [0.3, 0.4) is 0 Å². The summed E-state index contributed by atoms with van der Waals surface area (Å²) in [5, 5.41) is 13.9.